The minimum absolute atomic E-state index is 0.00272. The van der Waals surface area contributed by atoms with E-state index in [-0.39, 0.29) is 91.1 Å². The Morgan fingerprint density at radius 1 is 0.969 bits per heavy atom. The molecule has 14 nitrogen and oxygen atoms in total. The highest BCUT2D eigenvalue weighted by Gasteiger charge is 2.54. The van der Waals surface area contributed by atoms with E-state index in [0.29, 0.717) is 37.7 Å². The van der Waals surface area contributed by atoms with Gasteiger partial charge in [-0.1, -0.05) is 55.0 Å². The number of likely N-dealkylation sites (N-methyl/N-ethyl adjacent to an activating group) is 1. The number of allylic oxidation sites excluding steroid dienone is 4. The van der Waals surface area contributed by atoms with E-state index < -0.39 is 30.5 Å². The normalized spacial score (nSPS) is 34.2. The van der Waals surface area contributed by atoms with Gasteiger partial charge >= 0.3 is 5.97 Å². The maximum absolute atomic E-state index is 15.1. The molecule has 2 saturated heterocycles. The number of nitrogens with one attached hydrogen (secondary N) is 1. The standard InChI is InChI=1S/C50H74N4O10/c1-11-34-16-13-17-45(64-48-19-18-42(51-7)32(6)60-48)29(3)49(56)41-23-37-36-21-35(63-50(46(59-10)27-57-8)61-31(5)30(4)58-9)22-40(36)44(24-38(37)39(41)25-47(55)62-34)54-26-43(52-53-54)33-15-12-14-28(2)20-33/h12,14-15,20,23-24,26,29-32,34-40,42,45-46,48,50-51H,11,13,16-19,21-22,25,27H2,1-10H3/t29-,30-,31?,32?,34+,35+,36+,37+,38-,39+,40-,42+,45+,46+,48+,50?/m1/s1. The second kappa shape index (κ2) is 22.0. The zero-order valence-corrected chi connectivity index (χ0v) is 39.8. The lowest BCUT2D eigenvalue weighted by Gasteiger charge is -2.38. The van der Waals surface area contributed by atoms with Crippen LogP contribution in [-0.2, 0) is 47.5 Å². The number of ether oxygens (including phenoxy) is 8. The van der Waals surface area contributed by atoms with E-state index in [1.807, 2.05) is 50.8 Å². The van der Waals surface area contributed by atoms with Gasteiger partial charge in [0.15, 0.2) is 18.4 Å². The quantitative estimate of drug-likeness (QED) is 0.132. The smallest absolute Gasteiger partial charge is 0.306 e. The van der Waals surface area contributed by atoms with E-state index in [0.717, 1.165) is 41.8 Å². The predicted octanol–water partition coefficient (Wildman–Crippen LogP) is 7.33. The molecule has 3 unspecified atom stereocenters. The van der Waals surface area contributed by atoms with Gasteiger partial charge in [-0.2, -0.15) is 0 Å². The van der Waals surface area contributed by atoms with Gasteiger partial charge < -0.3 is 43.2 Å². The summed E-state index contributed by atoms with van der Waals surface area (Å²) in [4.78, 5) is 29.2. The Balaban J connectivity index is 1.25. The third kappa shape index (κ3) is 10.9. The molecule has 3 aliphatic carbocycles. The fourth-order valence-corrected chi connectivity index (χ4v) is 11.0. The highest BCUT2D eigenvalue weighted by molar-refractivity contribution is 5.99. The Bertz CT molecular complexity index is 1940. The topological polar surface area (TPSA) is 151 Å². The molecule has 2 aliphatic heterocycles. The molecule has 5 aliphatic rings. The number of hydrogen-bond acceptors (Lipinski definition) is 13. The van der Waals surface area contributed by atoms with Crippen molar-refractivity contribution in [2.24, 2.45) is 35.5 Å². The second-order valence-corrected chi connectivity index (χ2v) is 19.0. The number of benzene rings is 1. The maximum Gasteiger partial charge on any atom is 0.306 e. The van der Waals surface area contributed by atoms with Crippen molar-refractivity contribution in [3.05, 3.63) is 53.8 Å². The van der Waals surface area contributed by atoms with Crippen molar-refractivity contribution in [1.29, 1.82) is 0 Å². The highest BCUT2D eigenvalue weighted by Crippen LogP contribution is 2.57. The maximum atomic E-state index is 15.1. The van der Waals surface area contributed by atoms with Crippen LogP contribution in [0.2, 0.25) is 0 Å². The number of esters is 1. The van der Waals surface area contributed by atoms with Crippen molar-refractivity contribution in [2.75, 3.05) is 35.0 Å². The Morgan fingerprint density at radius 2 is 1.78 bits per heavy atom. The number of hydrogen-bond donors (Lipinski definition) is 1. The number of aromatic nitrogens is 3. The van der Waals surface area contributed by atoms with Crippen LogP contribution in [0.1, 0.15) is 98.0 Å². The molecular formula is C50H74N4O10. The SMILES string of the molecule is CC[C@H]1CCC[C@H](O[C@H]2CC[C@H](NC)C(C)O2)[C@@H](C)C(=O)C2=C[C@@H]3[C@@H](C=C(n4cc(-c5cccc(C)c5)nn4)[C@@H]4C[C@@H](OC(OC(C)[C@@H](C)OC)[C@H](COC)OC)C[C@@H]34)[C@@H]2CC(=O)O1. The highest BCUT2D eigenvalue weighted by atomic mass is 16.7. The van der Waals surface area contributed by atoms with Gasteiger partial charge in [0.2, 0.25) is 0 Å². The Morgan fingerprint density at radius 3 is 2.48 bits per heavy atom. The lowest BCUT2D eigenvalue weighted by atomic mass is 9.69. The molecule has 7 rings (SSSR count). The molecule has 3 heterocycles. The largest absolute Gasteiger partial charge is 0.462 e. The van der Waals surface area contributed by atoms with Crippen LogP contribution in [0.5, 0.6) is 0 Å². The van der Waals surface area contributed by atoms with Crippen LogP contribution in [0.4, 0.5) is 0 Å². The summed E-state index contributed by atoms with van der Waals surface area (Å²) in [6.45, 7) is 12.4. The van der Waals surface area contributed by atoms with Crippen molar-refractivity contribution in [3.8, 4) is 11.3 Å². The van der Waals surface area contributed by atoms with Gasteiger partial charge in [0.05, 0.1) is 49.7 Å². The Hall–Kier alpha value is -3.34. The summed E-state index contributed by atoms with van der Waals surface area (Å²) < 4.78 is 51.8. The number of cyclic esters (lactones) is 1. The Kier molecular flexibility index (Phi) is 16.7. The first-order valence-corrected chi connectivity index (χ1v) is 23.9. The van der Waals surface area contributed by atoms with E-state index in [4.69, 9.17) is 43.1 Å². The lowest BCUT2D eigenvalue weighted by Crippen LogP contribution is -2.46. The molecule has 354 valence electrons. The summed E-state index contributed by atoms with van der Waals surface area (Å²) in [7, 11) is 6.90. The minimum Gasteiger partial charge on any atom is -0.462 e. The van der Waals surface area contributed by atoms with Crippen molar-refractivity contribution < 1.29 is 47.5 Å². The number of nitrogens with zero attached hydrogens (tertiary/aromatic N) is 3. The first kappa shape index (κ1) is 48.6. The molecule has 2 aromatic rings. The molecule has 1 saturated carbocycles. The third-order valence-electron chi connectivity index (χ3n) is 15.0. The molecule has 0 amide bonds. The summed E-state index contributed by atoms with van der Waals surface area (Å²) in [6, 6.07) is 8.50. The third-order valence-corrected chi connectivity index (χ3v) is 15.0. The number of Topliss-reactive ketones (excluding diaryl/α,β-unsaturated/α-hetero) is 1. The number of aryl methyl sites for hydroxylation is 1. The van der Waals surface area contributed by atoms with Crippen LogP contribution in [0.15, 0.2) is 48.2 Å². The van der Waals surface area contributed by atoms with E-state index >= 15 is 4.79 Å². The van der Waals surface area contributed by atoms with Gasteiger partial charge in [-0.25, -0.2) is 4.68 Å². The molecule has 1 aromatic carbocycles. The number of fused-ring (bicyclic) bond motifs is 5. The molecule has 1 N–H and O–H groups in total. The number of ketones is 1. The zero-order chi connectivity index (χ0) is 45.7. The van der Waals surface area contributed by atoms with Crippen LogP contribution < -0.4 is 5.32 Å². The number of carbonyl (C=O) groups is 2. The lowest BCUT2D eigenvalue weighted by molar-refractivity contribution is -0.255. The molecule has 1 aromatic heterocycles. The van der Waals surface area contributed by atoms with Crippen LogP contribution >= 0.6 is 0 Å². The molecule has 14 heteroatoms. The van der Waals surface area contributed by atoms with Crippen LogP contribution in [0.3, 0.4) is 0 Å². The van der Waals surface area contributed by atoms with Gasteiger partial charge in [-0.15, -0.1) is 5.10 Å². The van der Waals surface area contributed by atoms with Crippen molar-refractivity contribution in [3.63, 3.8) is 0 Å². The minimum atomic E-state index is -0.733. The van der Waals surface area contributed by atoms with Crippen molar-refractivity contribution >= 4 is 17.4 Å². The predicted molar refractivity (Wildman–Crippen MR) is 242 cm³/mol. The average molecular weight is 891 g/mol. The summed E-state index contributed by atoms with van der Waals surface area (Å²) >= 11 is 0. The summed E-state index contributed by atoms with van der Waals surface area (Å²) in [5.41, 5.74) is 4.57. The van der Waals surface area contributed by atoms with Crippen LogP contribution in [-0.4, -0.2) is 123 Å². The number of carbonyl (C=O) groups excluding carboxylic acids is 2. The molecule has 3 fully saturated rings. The van der Waals surface area contributed by atoms with Crippen molar-refractivity contribution in [1.82, 2.24) is 20.3 Å². The van der Waals surface area contributed by atoms with Crippen molar-refractivity contribution in [2.45, 2.75) is 161 Å². The molecular weight excluding hydrogens is 817 g/mol. The van der Waals surface area contributed by atoms with E-state index in [1.54, 1.807) is 21.3 Å². The van der Waals surface area contributed by atoms with Gasteiger partial charge in [0.25, 0.3) is 0 Å². The number of methoxy groups -OCH3 is 3. The Labute approximate surface area is 380 Å². The molecule has 0 radical (unpaired) electrons. The second-order valence-electron chi connectivity index (χ2n) is 19.0. The molecule has 0 bridgehead atoms. The molecule has 0 spiro atoms. The average Bonchev–Trinajstić information content (AvgIpc) is 4.04. The summed E-state index contributed by atoms with van der Waals surface area (Å²) in [5, 5.41) is 12.8. The first-order chi connectivity index (χ1) is 30.8. The zero-order valence-electron chi connectivity index (χ0n) is 39.8. The van der Waals surface area contributed by atoms with E-state index in [9.17, 15) is 4.79 Å². The fourth-order valence-electron chi connectivity index (χ4n) is 11.0. The summed E-state index contributed by atoms with van der Waals surface area (Å²) in [6.07, 6.45) is 9.59. The van der Waals surface area contributed by atoms with Gasteiger partial charge in [-0.05, 0) is 116 Å². The first-order valence-electron chi connectivity index (χ1n) is 23.9. The molecule has 64 heavy (non-hydrogen) atoms. The number of rotatable bonds is 16. The van der Waals surface area contributed by atoms with Crippen LogP contribution in [0.25, 0.3) is 17.0 Å². The van der Waals surface area contributed by atoms with Gasteiger partial charge in [0.1, 0.15) is 17.9 Å². The summed E-state index contributed by atoms with van der Waals surface area (Å²) in [5.74, 6) is -1.23. The van der Waals surface area contributed by atoms with Gasteiger partial charge in [-0.3, -0.25) is 9.59 Å². The molecule has 16 atom stereocenters. The van der Waals surface area contributed by atoms with Crippen LogP contribution in [0, 0.1) is 42.4 Å². The van der Waals surface area contributed by atoms with E-state index in [2.05, 4.69) is 55.5 Å². The van der Waals surface area contributed by atoms with Gasteiger partial charge in [0, 0.05) is 56.4 Å². The monoisotopic (exact) mass is 891 g/mol. The fraction of sp³-hybridized carbons (Fsp3) is 0.720. The van der Waals surface area contributed by atoms with E-state index in [1.165, 1.54) is 0 Å².